The van der Waals surface area contributed by atoms with Crippen LogP contribution in [0.15, 0.2) is 51.6 Å². The minimum Gasteiger partial charge on any atom is -0.493 e. The highest BCUT2D eigenvalue weighted by molar-refractivity contribution is 9.10. The Balaban J connectivity index is 1.92. The first-order chi connectivity index (χ1) is 13.0. The minimum absolute atomic E-state index is 0.250. The van der Waals surface area contributed by atoms with Crippen molar-refractivity contribution in [1.82, 2.24) is 4.98 Å². The van der Waals surface area contributed by atoms with Gasteiger partial charge >= 0.3 is 0 Å². The van der Waals surface area contributed by atoms with E-state index < -0.39 is 0 Å². The van der Waals surface area contributed by atoms with E-state index in [-0.39, 0.29) is 16.0 Å². The summed E-state index contributed by atoms with van der Waals surface area (Å²) in [5.41, 5.74) is 1.85. The molecule has 0 radical (unpaired) electrons. The van der Waals surface area contributed by atoms with Gasteiger partial charge in [0.2, 0.25) is 0 Å². The van der Waals surface area contributed by atoms with Gasteiger partial charge in [0, 0.05) is 27.6 Å². The molecule has 2 aromatic heterocycles. The lowest BCUT2D eigenvalue weighted by Crippen LogP contribution is -2.13. The van der Waals surface area contributed by atoms with E-state index in [4.69, 9.17) is 32.4 Å². The zero-order chi connectivity index (χ0) is 19.1. The molecule has 0 aliphatic carbocycles. The van der Waals surface area contributed by atoms with Gasteiger partial charge in [-0.05, 0) is 30.3 Å². The monoisotopic (exact) mass is 464 g/mol. The van der Waals surface area contributed by atoms with Crippen LogP contribution < -0.4 is 10.1 Å². The fourth-order valence-corrected chi connectivity index (χ4v) is 3.71. The maximum Gasteiger partial charge on any atom is 0.256 e. The van der Waals surface area contributed by atoms with Crippen LogP contribution in [-0.2, 0) is 0 Å². The first kappa shape index (κ1) is 18.1. The lowest BCUT2D eigenvalue weighted by atomic mass is 10.0. The number of fused-ring (bicyclic) bond motifs is 3. The van der Waals surface area contributed by atoms with Gasteiger partial charge in [0.25, 0.3) is 5.91 Å². The molecule has 27 heavy (non-hydrogen) atoms. The second kappa shape index (κ2) is 7.03. The fraction of sp³-hybridized carbons (Fsp3) is 0.0526. The Morgan fingerprint density at radius 2 is 1.93 bits per heavy atom. The molecule has 1 N–H and O–H groups in total. The maximum absolute atomic E-state index is 13.0. The zero-order valence-electron chi connectivity index (χ0n) is 13.8. The number of hydrogen-bond donors (Lipinski definition) is 1. The van der Waals surface area contributed by atoms with Crippen molar-refractivity contribution in [1.29, 1.82) is 0 Å². The number of halogens is 3. The number of nitrogens with zero attached hydrogens (tertiary/aromatic N) is 1. The summed E-state index contributed by atoms with van der Waals surface area (Å²) in [6, 6.07) is 8.95. The summed E-state index contributed by atoms with van der Waals surface area (Å²) < 4.78 is 12.2. The summed E-state index contributed by atoms with van der Waals surface area (Å²) in [5.74, 6) is 0.161. The largest absolute Gasteiger partial charge is 0.493 e. The molecule has 4 aromatic rings. The van der Waals surface area contributed by atoms with Gasteiger partial charge in [0.05, 0.1) is 28.4 Å². The molecule has 0 spiro atoms. The standard InChI is InChI=1S/C19H11BrCl2N2O3/c1-26-15-5-3-10(19(25)24-17-12(21)7-23-8-13(17)22)16-11-6-9(20)2-4-14(11)27-18(15)16/h2-8H,1H3,(H,23,24,25). The number of anilines is 1. The summed E-state index contributed by atoms with van der Waals surface area (Å²) >= 11 is 15.7. The fourth-order valence-electron chi connectivity index (χ4n) is 2.89. The second-order valence-corrected chi connectivity index (χ2v) is 7.42. The maximum atomic E-state index is 13.0. The quantitative estimate of drug-likeness (QED) is 0.385. The Hall–Kier alpha value is -2.28. The molecule has 0 aliphatic heterocycles. The number of amides is 1. The number of rotatable bonds is 3. The lowest BCUT2D eigenvalue weighted by Gasteiger charge is -2.10. The topological polar surface area (TPSA) is 64.4 Å². The van der Waals surface area contributed by atoms with Crippen LogP contribution >= 0.6 is 39.1 Å². The van der Waals surface area contributed by atoms with Gasteiger partial charge in [-0.15, -0.1) is 0 Å². The highest BCUT2D eigenvalue weighted by Crippen LogP contribution is 2.39. The van der Waals surface area contributed by atoms with Gasteiger partial charge in [-0.2, -0.15) is 0 Å². The molecule has 5 nitrogen and oxygen atoms in total. The van der Waals surface area contributed by atoms with E-state index in [1.165, 1.54) is 12.4 Å². The Morgan fingerprint density at radius 3 is 2.63 bits per heavy atom. The van der Waals surface area contributed by atoms with E-state index in [0.717, 1.165) is 9.86 Å². The summed E-state index contributed by atoms with van der Waals surface area (Å²) in [5, 5.41) is 4.69. The lowest BCUT2D eigenvalue weighted by molar-refractivity contribution is 0.102. The molecule has 2 heterocycles. The number of methoxy groups -OCH3 is 1. The Labute approximate surface area is 172 Å². The molecule has 0 aliphatic rings. The van der Waals surface area contributed by atoms with E-state index >= 15 is 0 Å². The highest BCUT2D eigenvalue weighted by atomic mass is 79.9. The average Bonchev–Trinajstić information content (AvgIpc) is 3.02. The molecule has 1 amide bonds. The van der Waals surface area contributed by atoms with Gasteiger partial charge in [-0.3, -0.25) is 9.78 Å². The SMILES string of the molecule is COc1ccc(C(=O)Nc2c(Cl)cncc2Cl)c2c1oc1ccc(Br)cc12. The zero-order valence-corrected chi connectivity index (χ0v) is 16.9. The first-order valence-electron chi connectivity index (χ1n) is 7.78. The van der Waals surface area contributed by atoms with Crippen molar-refractivity contribution >= 4 is 72.7 Å². The molecule has 0 saturated heterocycles. The van der Waals surface area contributed by atoms with Crippen molar-refractivity contribution in [2.75, 3.05) is 12.4 Å². The van der Waals surface area contributed by atoms with Gasteiger partial charge in [-0.25, -0.2) is 0 Å². The van der Waals surface area contributed by atoms with Crippen molar-refractivity contribution in [2.45, 2.75) is 0 Å². The Bertz CT molecular complexity index is 1190. The summed E-state index contributed by atoms with van der Waals surface area (Å²) in [6.07, 6.45) is 2.83. The molecule has 4 rings (SSSR count). The van der Waals surface area contributed by atoms with Gasteiger partial charge in [0.15, 0.2) is 11.3 Å². The molecule has 0 bridgehead atoms. The van der Waals surface area contributed by atoms with E-state index in [0.29, 0.717) is 33.6 Å². The second-order valence-electron chi connectivity index (χ2n) is 5.69. The van der Waals surface area contributed by atoms with Gasteiger partial charge in [0.1, 0.15) is 5.58 Å². The molecule has 0 atom stereocenters. The van der Waals surface area contributed by atoms with E-state index in [1.807, 2.05) is 18.2 Å². The third kappa shape index (κ3) is 3.14. The van der Waals surface area contributed by atoms with Crippen molar-refractivity contribution in [3.63, 3.8) is 0 Å². The number of furan rings is 1. The first-order valence-corrected chi connectivity index (χ1v) is 9.33. The minimum atomic E-state index is -0.375. The predicted octanol–water partition coefficient (Wildman–Crippen LogP) is 6.31. The smallest absolute Gasteiger partial charge is 0.256 e. The van der Waals surface area contributed by atoms with Crippen LogP contribution in [0.2, 0.25) is 10.0 Å². The van der Waals surface area contributed by atoms with Crippen LogP contribution in [-0.4, -0.2) is 18.0 Å². The number of carbonyl (C=O) groups excluding carboxylic acids is 1. The summed E-state index contributed by atoms with van der Waals surface area (Å²) in [6.45, 7) is 0. The number of carbonyl (C=O) groups is 1. The molecule has 0 fully saturated rings. The van der Waals surface area contributed by atoms with Gasteiger partial charge < -0.3 is 14.5 Å². The molecule has 0 saturated carbocycles. The van der Waals surface area contributed by atoms with Crippen molar-refractivity contribution in [3.05, 3.63) is 62.8 Å². The van der Waals surface area contributed by atoms with Crippen molar-refractivity contribution in [2.24, 2.45) is 0 Å². The number of hydrogen-bond acceptors (Lipinski definition) is 4. The number of benzene rings is 2. The molecule has 0 unspecified atom stereocenters. The third-order valence-electron chi connectivity index (χ3n) is 4.10. The highest BCUT2D eigenvalue weighted by Gasteiger charge is 2.21. The number of pyridine rings is 1. The van der Waals surface area contributed by atoms with E-state index in [2.05, 4.69) is 26.2 Å². The molecular formula is C19H11BrCl2N2O3. The van der Waals surface area contributed by atoms with Crippen molar-refractivity contribution < 1.29 is 13.9 Å². The Morgan fingerprint density at radius 1 is 1.19 bits per heavy atom. The Kier molecular flexibility index (Phi) is 4.72. The molecule has 2 aromatic carbocycles. The van der Waals surface area contributed by atoms with E-state index in [9.17, 15) is 4.79 Å². The number of ether oxygens (including phenoxy) is 1. The van der Waals surface area contributed by atoms with Crippen LogP contribution in [0.25, 0.3) is 21.9 Å². The van der Waals surface area contributed by atoms with Crippen LogP contribution in [0.4, 0.5) is 5.69 Å². The molecule has 8 heteroatoms. The predicted molar refractivity (Wildman–Crippen MR) is 110 cm³/mol. The van der Waals surface area contributed by atoms with Crippen LogP contribution in [0, 0.1) is 0 Å². The van der Waals surface area contributed by atoms with Crippen LogP contribution in [0.3, 0.4) is 0 Å². The van der Waals surface area contributed by atoms with Crippen LogP contribution in [0.1, 0.15) is 10.4 Å². The van der Waals surface area contributed by atoms with Crippen molar-refractivity contribution in [3.8, 4) is 5.75 Å². The normalized spacial score (nSPS) is 11.1. The number of aromatic nitrogens is 1. The van der Waals surface area contributed by atoms with Gasteiger partial charge in [-0.1, -0.05) is 39.1 Å². The molecular weight excluding hydrogens is 455 g/mol. The number of nitrogens with one attached hydrogen (secondary N) is 1. The van der Waals surface area contributed by atoms with E-state index in [1.54, 1.807) is 19.2 Å². The summed E-state index contributed by atoms with van der Waals surface area (Å²) in [7, 11) is 1.55. The molecule has 136 valence electrons. The third-order valence-corrected chi connectivity index (χ3v) is 5.17. The average molecular weight is 466 g/mol. The summed E-state index contributed by atoms with van der Waals surface area (Å²) in [4.78, 5) is 16.9. The van der Waals surface area contributed by atoms with Crippen LogP contribution in [0.5, 0.6) is 5.75 Å².